The number of rotatable bonds is 4. The Hall–Kier alpha value is -3.92. The van der Waals surface area contributed by atoms with Gasteiger partial charge in [-0.15, -0.1) is 0 Å². The van der Waals surface area contributed by atoms with Crippen LogP contribution in [0.25, 0.3) is 32.5 Å². The Labute approximate surface area is 172 Å². The molecule has 0 aliphatic rings. The number of carbonyl (C=O) groups excluding carboxylic acids is 1. The van der Waals surface area contributed by atoms with E-state index in [1.807, 2.05) is 79.7 Å². The lowest BCUT2D eigenvalue weighted by atomic mass is 10.0. The fraction of sp³-hybridized carbons (Fsp3) is 0.0769. The highest BCUT2D eigenvalue weighted by molar-refractivity contribution is 6.05. The van der Waals surface area contributed by atoms with Crippen LogP contribution in [-0.2, 0) is 0 Å². The van der Waals surface area contributed by atoms with Gasteiger partial charge >= 0.3 is 5.63 Å². The van der Waals surface area contributed by atoms with Gasteiger partial charge in [0.1, 0.15) is 11.3 Å². The van der Waals surface area contributed by atoms with Gasteiger partial charge in [-0.25, -0.2) is 4.79 Å². The van der Waals surface area contributed by atoms with E-state index >= 15 is 0 Å². The minimum Gasteiger partial charge on any atom is -0.485 e. The molecule has 146 valence electrons. The van der Waals surface area contributed by atoms with E-state index in [4.69, 9.17) is 9.15 Å². The van der Waals surface area contributed by atoms with Crippen molar-refractivity contribution in [2.75, 3.05) is 6.61 Å². The fourth-order valence-electron chi connectivity index (χ4n) is 3.81. The smallest absolute Gasteiger partial charge is 0.344 e. The molecule has 0 saturated heterocycles. The molecule has 0 aliphatic carbocycles. The second kappa shape index (κ2) is 7.16. The molecule has 1 aromatic heterocycles. The predicted octanol–water partition coefficient (Wildman–Crippen LogP) is 5.67. The first-order chi connectivity index (χ1) is 14.6. The molecule has 5 aromatic rings. The molecule has 30 heavy (non-hydrogen) atoms. The number of benzene rings is 4. The van der Waals surface area contributed by atoms with Crippen LogP contribution in [0.4, 0.5) is 0 Å². The summed E-state index contributed by atoms with van der Waals surface area (Å²) in [5.41, 5.74) is 1.39. The van der Waals surface area contributed by atoms with Gasteiger partial charge in [0.2, 0.25) is 0 Å². The number of hydrogen-bond acceptors (Lipinski definition) is 4. The lowest BCUT2D eigenvalue weighted by molar-refractivity contribution is 0.0921. The van der Waals surface area contributed by atoms with Crippen molar-refractivity contribution in [2.45, 2.75) is 6.92 Å². The molecule has 0 aliphatic heterocycles. The maximum atomic E-state index is 12.7. The number of carbonyl (C=O) groups is 1. The molecule has 0 radical (unpaired) electrons. The van der Waals surface area contributed by atoms with Gasteiger partial charge in [0.15, 0.2) is 12.4 Å². The standard InChI is InChI=1S/C26H18O4/c1-16-24(13-12-21-20-8-4-5-9-22(20)26(28)30-25(16)21)29-15-23(27)19-11-10-17-6-2-3-7-18(17)14-19/h2-14H,15H2,1H3. The van der Waals surface area contributed by atoms with Gasteiger partial charge in [0.25, 0.3) is 0 Å². The number of ether oxygens (including phenoxy) is 1. The van der Waals surface area contributed by atoms with E-state index in [0.717, 1.165) is 21.5 Å². The van der Waals surface area contributed by atoms with Crippen molar-refractivity contribution in [1.29, 1.82) is 0 Å². The van der Waals surface area contributed by atoms with Gasteiger partial charge in [-0.1, -0.05) is 54.6 Å². The van der Waals surface area contributed by atoms with Gasteiger partial charge in [0, 0.05) is 16.5 Å². The molecule has 0 saturated carbocycles. The number of ketones is 1. The van der Waals surface area contributed by atoms with Crippen LogP contribution in [0.5, 0.6) is 5.75 Å². The zero-order valence-electron chi connectivity index (χ0n) is 16.3. The second-order valence-electron chi connectivity index (χ2n) is 7.27. The molecular weight excluding hydrogens is 376 g/mol. The van der Waals surface area contributed by atoms with E-state index in [2.05, 4.69) is 0 Å². The van der Waals surface area contributed by atoms with Gasteiger partial charge < -0.3 is 9.15 Å². The zero-order chi connectivity index (χ0) is 20.7. The molecule has 0 N–H and O–H groups in total. The summed E-state index contributed by atoms with van der Waals surface area (Å²) in [6.45, 7) is 1.73. The highest BCUT2D eigenvalue weighted by Gasteiger charge is 2.14. The molecule has 4 heteroatoms. The molecule has 5 rings (SSSR count). The lowest BCUT2D eigenvalue weighted by Crippen LogP contribution is -2.12. The summed E-state index contributed by atoms with van der Waals surface area (Å²) in [4.78, 5) is 25.0. The summed E-state index contributed by atoms with van der Waals surface area (Å²) in [6, 6.07) is 24.6. The maximum Gasteiger partial charge on any atom is 0.344 e. The predicted molar refractivity (Wildman–Crippen MR) is 119 cm³/mol. The lowest BCUT2D eigenvalue weighted by Gasteiger charge is -2.11. The van der Waals surface area contributed by atoms with Crippen molar-refractivity contribution in [1.82, 2.24) is 0 Å². The van der Waals surface area contributed by atoms with E-state index in [1.165, 1.54) is 0 Å². The first-order valence-corrected chi connectivity index (χ1v) is 9.72. The average Bonchev–Trinajstić information content (AvgIpc) is 2.79. The molecule has 4 nitrogen and oxygen atoms in total. The van der Waals surface area contributed by atoms with Crippen LogP contribution in [0.15, 0.2) is 88.1 Å². The fourth-order valence-corrected chi connectivity index (χ4v) is 3.81. The Morgan fingerprint density at radius 1 is 0.833 bits per heavy atom. The van der Waals surface area contributed by atoms with Crippen molar-refractivity contribution < 1.29 is 13.9 Å². The Morgan fingerprint density at radius 2 is 1.57 bits per heavy atom. The number of aryl methyl sites for hydroxylation is 1. The first-order valence-electron chi connectivity index (χ1n) is 9.72. The van der Waals surface area contributed by atoms with Crippen LogP contribution < -0.4 is 10.4 Å². The Balaban J connectivity index is 1.46. The van der Waals surface area contributed by atoms with Crippen molar-refractivity contribution in [3.63, 3.8) is 0 Å². The number of fused-ring (bicyclic) bond motifs is 4. The third-order valence-electron chi connectivity index (χ3n) is 5.42. The first kappa shape index (κ1) is 18.1. The molecule has 4 aromatic carbocycles. The molecule has 0 fully saturated rings. The summed E-state index contributed by atoms with van der Waals surface area (Å²) in [7, 11) is 0. The third-order valence-corrected chi connectivity index (χ3v) is 5.42. The minimum atomic E-state index is -0.384. The Bertz CT molecular complexity index is 1490. The van der Waals surface area contributed by atoms with Crippen LogP contribution in [0.3, 0.4) is 0 Å². The zero-order valence-corrected chi connectivity index (χ0v) is 16.3. The van der Waals surface area contributed by atoms with Gasteiger partial charge in [-0.05, 0) is 47.3 Å². The van der Waals surface area contributed by atoms with Crippen molar-refractivity contribution in [3.05, 3.63) is 100 Å². The molecule has 0 amide bonds. The van der Waals surface area contributed by atoms with Crippen LogP contribution in [0.1, 0.15) is 15.9 Å². The van der Waals surface area contributed by atoms with Crippen LogP contribution >= 0.6 is 0 Å². The average molecular weight is 394 g/mol. The highest BCUT2D eigenvalue weighted by Crippen LogP contribution is 2.31. The molecule has 0 unspecified atom stereocenters. The summed E-state index contributed by atoms with van der Waals surface area (Å²) in [5, 5.41) is 4.33. The van der Waals surface area contributed by atoms with Crippen molar-refractivity contribution >= 4 is 38.3 Å². The van der Waals surface area contributed by atoms with Crippen LogP contribution in [0, 0.1) is 6.92 Å². The van der Waals surface area contributed by atoms with E-state index < -0.39 is 0 Å². The summed E-state index contributed by atoms with van der Waals surface area (Å²) in [6.07, 6.45) is 0. The third kappa shape index (κ3) is 3.03. The molecule has 0 bridgehead atoms. The second-order valence-corrected chi connectivity index (χ2v) is 7.27. The van der Waals surface area contributed by atoms with Gasteiger partial charge in [0.05, 0.1) is 5.39 Å². The normalized spacial score (nSPS) is 11.2. The van der Waals surface area contributed by atoms with E-state index in [0.29, 0.717) is 27.8 Å². The van der Waals surface area contributed by atoms with Crippen molar-refractivity contribution in [3.8, 4) is 5.75 Å². The van der Waals surface area contributed by atoms with E-state index in [9.17, 15) is 9.59 Å². The SMILES string of the molecule is Cc1c(OCC(=O)c2ccc3ccccc3c2)ccc2c1oc(=O)c1ccccc12. The minimum absolute atomic E-state index is 0.0947. The van der Waals surface area contributed by atoms with Crippen LogP contribution in [-0.4, -0.2) is 12.4 Å². The van der Waals surface area contributed by atoms with E-state index in [1.54, 1.807) is 6.07 Å². The summed E-state index contributed by atoms with van der Waals surface area (Å²) < 4.78 is 11.4. The highest BCUT2D eigenvalue weighted by atomic mass is 16.5. The van der Waals surface area contributed by atoms with Crippen molar-refractivity contribution in [2.24, 2.45) is 0 Å². The molecule has 0 spiro atoms. The largest absolute Gasteiger partial charge is 0.485 e. The Morgan fingerprint density at radius 3 is 2.40 bits per heavy atom. The monoisotopic (exact) mass is 394 g/mol. The quantitative estimate of drug-likeness (QED) is 0.224. The maximum absolute atomic E-state index is 12.7. The summed E-state index contributed by atoms with van der Waals surface area (Å²) in [5.74, 6) is 0.412. The molecule has 0 atom stereocenters. The van der Waals surface area contributed by atoms with E-state index in [-0.39, 0.29) is 18.0 Å². The van der Waals surface area contributed by atoms with Crippen LogP contribution in [0.2, 0.25) is 0 Å². The number of hydrogen-bond donors (Lipinski definition) is 0. The van der Waals surface area contributed by atoms with Gasteiger partial charge in [-0.2, -0.15) is 0 Å². The Kier molecular flexibility index (Phi) is 4.32. The molecule has 1 heterocycles. The topological polar surface area (TPSA) is 56.5 Å². The number of Topliss-reactive ketones (excluding diaryl/α,β-unsaturated/α-hetero) is 1. The van der Waals surface area contributed by atoms with Gasteiger partial charge in [-0.3, -0.25) is 4.79 Å². The summed E-state index contributed by atoms with van der Waals surface area (Å²) >= 11 is 0. The molecular formula is C26H18O4.